The quantitative estimate of drug-likeness (QED) is 0.806. The average Bonchev–Trinajstić information content (AvgIpc) is 2.92. The summed E-state index contributed by atoms with van der Waals surface area (Å²) in [7, 11) is 0. The third-order valence-electron chi connectivity index (χ3n) is 4.16. The van der Waals surface area contributed by atoms with Gasteiger partial charge in [-0.05, 0) is 45.2 Å². The van der Waals surface area contributed by atoms with Gasteiger partial charge in [-0.15, -0.1) is 0 Å². The molecule has 1 N–H and O–H groups in total. The molecular formula is C15H23F3N2O. The Kier molecular flexibility index (Phi) is 5.67. The Morgan fingerprint density at radius 1 is 1.29 bits per heavy atom. The molecule has 1 aromatic heterocycles. The van der Waals surface area contributed by atoms with Gasteiger partial charge < -0.3 is 9.73 Å². The van der Waals surface area contributed by atoms with Crippen molar-refractivity contribution in [1.29, 1.82) is 0 Å². The largest absolute Gasteiger partial charge is 0.445 e. The lowest BCUT2D eigenvalue weighted by molar-refractivity contribution is -0.182. The summed E-state index contributed by atoms with van der Waals surface area (Å²) < 4.78 is 43.6. The molecule has 120 valence electrons. The summed E-state index contributed by atoms with van der Waals surface area (Å²) >= 11 is 0. The van der Waals surface area contributed by atoms with Gasteiger partial charge in [0.1, 0.15) is 5.76 Å². The van der Waals surface area contributed by atoms with Crippen molar-refractivity contribution < 1.29 is 17.6 Å². The van der Waals surface area contributed by atoms with Gasteiger partial charge in [0.25, 0.3) is 0 Å². The van der Waals surface area contributed by atoms with Crippen LogP contribution in [0.2, 0.25) is 0 Å². The first-order chi connectivity index (χ1) is 10.0. The molecule has 1 heterocycles. The van der Waals surface area contributed by atoms with Crippen LogP contribution in [-0.4, -0.2) is 24.2 Å². The fraction of sp³-hybridized carbons (Fsp3) is 0.800. The molecule has 2 rings (SSSR count). The summed E-state index contributed by atoms with van der Waals surface area (Å²) in [4.78, 5) is 4.24. The van der Waals surface area contributed by atoms with E-state index in [2.05, 4.69) is 17.2 Å². The Labute approximate surface area is 123 Å². The number of hydrogen-bond acceptors (Lipinski definition) is 3. The van der Waals surface area contributed by atoms with Gasteiger partial charge in [-0.3, -0.25) is 0 Å². The summed E-state index contributed by atoms with van der Waals surface area (Å²) in [6, 6.07) is 0. The summed E-state index contributed by atoms with van der Waals surface area (Å²) in [5, 5.41) is 3.23. The first-order valence-corrected chi connectivity index (χ1v) is 7.72. The molecule has 0 unspecified atom stereocenters. The Bertz CT molecular complexity index is 423. The van der Waals surface area contributed by atoms with Crippen molar-refractivity contribution in [3.63, 3.8) is 0 Å². The zero-order chi connectivity index (χ0) is 15.3. The van der Waals surface area contributed by atoms with Crippen LogP contribution in [0, 0.1) is 5.92 Å². The van der Waals surface area contributed by atoms with E-state index in [9.17, 15) is 13.2 Å². The first-order valence-electron chi connectivity index (χ1n) is 7.72. The minimum atomic E-state index is -4.05. The Morgan fingerprint density at radius 2 is 2.00 bits per heavy atom. The molecule has 3 nitrogen and oxygen atoms in total. The lowest BCUT2D eigenvalue weighted by atomic mass is 9.81. The van der Waals surface area contributed by atoms with Crippen LogP contribution in [0.5, 0.6) is 0 Å². The molecule has 21 heavy (non-hydrogen) atoms. The number of oxazole rings is 1. The van der Waals surface area contributed by atoms with Gasteiger partial charge in [0.15, 0.2) is 5.89 Å². The second-order valence-corrected chi connectivity index (χ2v) is 5.70. The Balaban J connectivity index is 1.80. The van der Waals surface area contributed by atoms with Crippen molar-refractivity contribution in [2.45, 2.75) is 57.5 Å². The van der Waals surface area contributed by atoms with Crippen molar-refractivity contribution in [3.05, 3.63) is 17.8 Å². The van der Waals surface area contributed by atoms with E-state index in [1.54, 1.807) is 6.20 Å². The maximum absolute atomic E-state index is 12.6. The maximum Gasteiger partial charge on any atom is 0.391 e. The molecular weight excluding hydrogens is 281 g/mol. The van der Waals surface area contributed by atoms with Crippen LogP contribution in [0.25, 0.3) is 0 Å². The van der Waals surface area contributed by atoms with Crippen LogP contribution in [-0.2, 0) is 6.42 Å². The lowest BCUT2D eigenvalue weighted by Gasteiger charge is -2.28. The summed E-state index contributed by atoms with van der Waals surface area (Å²) in [6.07, 6.45) is 0.839. The Hall–Kier alpha value is -1.04. The van der Waals surface area contributed by atoms with Crippen molar-refractivity contribution in [3.8, 4) is 0 Å². The van der Waals surface area contributed by atoms with E-state index in [0.717, 1.165) is 31.7 Å². The number of nitrogens with zero attached hydrogens (tertiary/aromatic N) is 1. The molecule has 0 spiro atoms. The molecule has 1 aliphatic carbocycles. The molecule has 0 aromatic carbocycles. The highest BCUT2D eigenvalue weighted by Crippen LogP contribution is 2.42. The van der Waals surface area contributed by atoms with E-state index in [0.29, 0.717) is 18.7 Å². The van der Waals surface area contributed by atoms with Crippen LogP contribution in [0.1, 0.15) is 56.6 Å². The van der Waals surface area contributed by atoms with Gasteiger partial charge in [-0.1, -0.05) is 6.92 Å². The number of aromatic nitrogens is 1. The molecule has 0 saturated heterocycles. The topological polar surface area (TPSA) is 38.1 Å². The molecule has 0 bridgehead atoms. The molecule has 0 amide bonds. The summed E-state index contributed by atoms with van der Waals surface area (Å²) in [6.45, 7) is 3.92. The smallest absolute Gasteiger partial charge is 0.391 e. The Morgan fingerprint density at radius 3 is 2.62 bits per heavy atom. The number of rotatable bonds is 6. The van der Waals surface area contributed by atoms with Crippen LogP contribution >= 0.6 is 0 Å². The summed E-state index contributed by atoms with van der Waals surface area (Å²) in [5.41, 5.74) is 0. The maximum atomic E-state index is 12.6. The van der Waals surface area contributed by atoms with E-state index in [1.165, 1.54) is 0 Å². The predicted molar refractivity (Wildman–Crippen MR) is 74.1 cm³/mol. The lowest BCUT2D eigenvalue weighted by Crippen LogP contribution is -2.27. The molecule has 1 saturated carbocycles. The second kappa shape index (κ2) is 7.29. The highest BCUT2D eigenvalue weighted by Gasteiger charge is 2.42. The van der Waals surface area contributed by atoms with Crippen LogP contribution in [0.4, 0.5) is 13.2 Å². The highest BCUT2D eigenvalue weighted by atomic mass is 19.4. The van der Waals surface area contributed by atoms with Gasteiger partial charge in [0, 0.05) is 12.3 Å². The average molecular weight is 304 g/mol. The summed E-state index contributed by atoms with van der Waals surface area (Å²) in [5.74, 6) is 0.407. The van der Waals surface area contributed by atoms with Crippen LogP contribution in [0.3, 0.4) is 0 Å². The predicted octanol–water partition coefficient (Wildman–Crippen LogP) is 4.05. The van der Waals surface area contributed by atoms with Crippen molar-refractivity contribution in [1.82, 2.24) is 10.3 Å². The van der Waals surface area contributed by atoms with Gasteiger partial charge in [0.05, 0.1) is 12.1 Å². The van der Waals surface area contributed by atoms with Crippen molar-refractivity contribution in [2.24, 2.45) is 5.92 Å². The molecule has 0 radical (unpaired) electrons. The van der Waals surface area contributed by atoms with Crippen molar-refractivity contribution >= 4 is 0 Å². The van der Waals surface area contributed by atoms with Gasteiger partial charge in [-0.2, -0.15) is 13.2 Å². The molecule has 6 heteroatoms. The number of hydrogen-bond donors (Lipinski definition) is 1. The zero-order valence-electron chi connectivity index (χ0n) is 12.4. The third kappa shape index (κ3) is 4.73. The van der Waals surface area contributed by atoms with E-state index < -0.39 is 12.1 Å². The minimum absolute atomic E-state index is 0.0959. The van der Waals surface area contributed by atoms with Gasteiger partial charge in [0.2, 0.25) is 0 Å². The van der Waals surface area contributed by atoms with Gasteiger partial charge in [-0.25, -0.2) is 4.98 Å². The third-order valence-corrected chi connectivity index (χ3v) is 4.16. The van der Waals surface area contributed by atoms with Crippen LogP contribution in [0.15, 0.2) is 10.6 Å². The number of aryl methyl sites for hydroxylation is 1. The fourth-order valence-electron chi connectivity index (χ4n) is 2.88. The number of alkyl halides is 3. The van der Waals surface area contributed by atoms with E-state index >= 15 is 0 Å². The molecule has 0 aliphatic heterocycles. The first kappa shape index (κ1) is 16.3. The molecule has 1 fully saturated rings. The SMILES string of the molecule is CCNCCCc1ncc(C2CCC(C(F)(F)F)CC2)o1. The molecule has 0 atom stereocenters. The van der Waals surface area contributed by atoms with Gasteiger partial charge >= 0.3 is 6.18 Å². The normalized spacial score (nSPS) is 23.4. The van der Waals surface area contributed by atoms with E-state index in [4.69, 9.17) is 4.42 Å². The van der Waals surface area contributed by atoms with E-state index in [-0.39, 0.29) is 18.8 Å². The van der Waals surface area contributed by atoms with E-state index in [1.807, 2.05) is 0 Å². The number of halogens is 3. The monoisotopic (exact) mass is 304 g/mol. The second-order valence-electron chi connectivity index (χ2n) is 5.70. The number of nitrogens with one attached hydrogen (secondary N) is 1. The van der Waals surface area contributed by atoms with Crippen molar-refractivity contribution in [2.75, 3.05) is 13.1 Å². The van der Waals surface area contributed by atoms with Crippen LogP contribution < -0.4 is 5.32 Å². The zero-order valence-corrected chi connectivity index (χ0v) is 12.4. The highest BCUT2D eigenvalue weighted by molar-refractivity contribution is 5.04. The fourth-order valence-corrected chi connectivity index (χ4v) is 2.88. The molecule has 1 aromatic rings. The molecule has 1 aliphatic rings. The standard InChI is InChI=1S/C15H23F3N2O/c1-2-19-9-3-4-14-20-10-13(21-14)11-5-7-12(8-6-11)15(16,17)18/h10-12,19H,2-9H2,1H3. The minimum Gasteiger partial charge on any atom is -0.445 e.